The van der Waals surface area contributed by atoms with Gasteiger partial charge in [-0.3, -0.25) is 4.68 Å². The molecule has 2 aliphatic carbocycles. The van der Waals surface area contributed by atoms with Crippen LogP contribution in [0.5, 0.6) is 0 Å². The number of ether oxygens (including phenoxy) is 1. The van der Waals surface area contributed by atoms with Crippen molar-refractivity contribution in [3.63, 3.8) is 0 Å². The lowest BCUT2D eigenvalue weighted by Gasteiger charge is -2.54. The first-order chi connectivity index (χ1) is 9.76. The largest absolute Gasteiger partial charge is 0.378 e. The molecule has 3 rings (SSSR count). The summed E-state index contributed by atoms with van der Waals surface area (Å²) in [6.07, 6.45) is 10.1. The van der Waals surface area contributed by atoms with Crippen LogP contribution in [0, 0.1) is 5.41 Å². The highest BCUT2D eigenvalue weighted by molar-refractivity contribution is 5.10. The summed E-state index contributed by atoms with van der Waals surface area (Å²) in [6, 6.07) is 2.77. The summed E-state index contributed by atoms with van der Waals surface area (Å²) in [6.45, 7) is 4.02. The Morgan fingerprint density at radius 1 is 1.45 bits per heavy atom. The Bertz CT molecular complexity index is 437. The van der Waals surface area contributed by atoms with Crippen LogP contribution in [0.4, 0.5) is 0 Å². The average molecular weight is 277 g/mol. The standard InChI is InChI=1S/C16H27N3O/c1-3-20-15-12-14(16(15)8-4-5-9-16)17-10-6-13-7-11-18-19(13)2/h7,11,14-15,17H,3-6,8-10,12H2,1-2H3. The van der Waals surface area contributed by atoms with E-state index in [1.807, 2.05) is 17.9 Å². The summed E-state index contributed by atoms with van der Waals surface area (Å²) in [7, 11) is 2.02. The number of hydrogen-bond donors (Lipinski definition) is 1. The van der Waals surface area contributed by atoms with Crippen LogP contribution in [0.3, 0.4) is 0 Å². The van der Waals surface area contributed by atoms with Crippen LogP contribution in [-0.2, 0) is 18.2 Å². The Morgan fingerprint density at radius 3 is 2.90 bits per heavy atom. The third-order valence-corrected chi connectivity index (χ3v) is 5.38. The lowest BCUT2D eigenvalue weighted by Crippen LogP contribution is -2.62. The molecule has 1 N–H and O–H groups in total. The van der Waals surface area contributed by atoms with Gasteiger partial charge in [-0.2, -0.15) is 5.10 Å². The average Bonchev–Trinajstić information content (AvgIpc) is 3.08. The second-order valence-electron chi connectivity index (χ2n) is 6.32. The van der Waals surface area contributed by atoms with Gasteiger partial charge in [-0.25, -0.2) is 0 Å². The van der Waals surface area contributed by atoms with Crippen molar-refractivity contribution in [1.82, 2.24) is 15.1 Å². The quantitative estimate of drug-likeness (QED) is 0.867. The van der Waals surface area contributed by atoms with Crippen molar-refractivity contribution >= 4 is 0 Å². The van der Waals surface area contributed by atoms with E-state index in [0.717, 1.165) is 19.6 Å². The van der Waals surface area contributed by atoms with Gasteiger partial charge in [0.05, 0.1) is 6.10 Å². The monoisotopic (exact) mass is 277 g/mol. The Kier molecular flexibility index (Phi) is 4.13. The van der Waals surface area contributed by atoms with Crippen molar-refractivity contribution in [3.05, 3.63) is 18.0 Å². The molecule has 0 aromatic carbocycles. The van der Waals surface area contributed by atoms with E-state index < -0.39 is 0 Å². The maximum absolute atomic E-state index is 5.96. The maximum Gasteiger partial charge on any atom is 0.0661 e. The Balaban J connectivity index is 1.52. The van der Waals surface area contributed by atoms with Gasteiger partial charge in [0.2, 0.25) is 0 Å². The van der Waals surface area contributed by atoms with Crippen LogP contribution < -0.4 is 5.32 Å². The molecule has 1 spiro atoms. The van der Waals surface area contributed by atoms with E-state index >= 15 is 0 Å². The number of aryl methyl sites for hydroxylation is 1. The maximum atomic E-state index is 5.96. The smallest absolute Gasteiger partial charge is 0.0661 e. The molecule has 112 valence electrons. The fraction of sp³-hybridized carbons (Fsp3) is 0.812. The van der Waals surface area contributed by atoms with E-state index in [9.17, 15) is 0 Å². The highest BCUT2D eigenvalue weighted by Gasteiger charge is 2.56. The normalized spacial score (nSPS) is 27.9. The molecule has 2 saturated carbocycles. The second kappa shape index (κ2) is 5.86. The zero-order valence-corrected chi connectivity index (χ0v) is 12.8. The molecule has 1 aromatic heterocycles. The summed E-state index contributed by atoms with van der Waals surface area (Å²) < 4.78 is 7.93. The van der Waals surface area contributed by atoms with E-state index in [-0.39, 0.29) is 0 Å². The van der Waals surface area contributed by atoms with Crippen molar-refractivity contribution in [2.24, 2.45) is 12.5 Å². The molecule has 20 heavy (non-hydrogen) atoms. The number of rotatable bonds is 6. The van der Waals surface area contributed by atoms with Crippen LogP contribution in [0.15, 0.2) is 12.3 Å². The lowest BCUT2D eigenvalue weighted by molar-refractivity contribution is -0.130. The predicted molar refractivity (Wildman–Crippen MR) is 79.6 cm³/mol. The minimum Gasteiger partial charge on any atom is -0.378 e. The number of hydrogen-bond acceptors (Lipinski definition) is 3. The van der Waals surface area contributed by atoms with E-state index in [4.69, 9.17) is 4.74 Å². The molecule has 1 aromatic rings. The third-order valence-electron chi connectivity index (χ3n) is 5.38. The molecule has 0 amide bonds. The Labute approximate surface area is 121 Å². The second-order valence-corrected chi connectivity index (χ2v) is 6.32. The van der Waals surface area contributed by atoms with Gasteiger partial charge in [0, 0.05) is 50.0 Å². The van der Waals surface area contributed by atoms with Crippen LogP contribution in [0.1, 0.15) is 44.7 Å². The molecule has 2 unspecified atom stereocenters. The number of aromatic nitrogens is 2. The van der Waals surface area contributed by atoms with Crippen LogP contribution >= 0.6 is 0 Å². The van der Waals surface area contributed by atoms with E-state index in [2.05, 4.69) is 23.4 Å². The zero-order valence-electron chi connectivity index (χ0n) is 12.8. The van der Waals surface area contributed by atoms with Gasteiger partial charge in [-0.05, 0) is 32.3 Å². The Morgan fingerprint density at radius 2 is 2.25 bits per heavy atom. The van der Waals surface area contributed by atoms with Crippen molar-refractivity contribution in [3.8, 4) is 0 Å². The molecule has 2 atom stereocenters. The first-order valence-electron chi connectivity index (χ1n) is 8.08. The first-order valence-corrected chi connectivity index (χ1v) is 8.08. The van der Waals surface area contributed by atoms with Crippen LogP contribution in [0.2, 0.25) is 0 Å². The van der Waals surface area contributed by atoms with E-state index in [1.165, 1.54) is 37.8 Å². The highest BCUT2D eigenvalue weighted by Crippen LogP contribution is 2.54. The summed E-state index contributed by atoms with van der Waals surface area (Å²) in [5, 5.41) is 8.01. The molecule has 2 aliphatic rings. The van der Waals surface area contributed by atoms with Gasteiger partial charge in [0.15, 0.2) is 0 Å². The molecule has 0 radical (unpaired) electrons. The van der Waals surface area contributed by atoms with Crippen molar-refractivity contribution in [1.29, 1.82) is 0 Å². The summed E-state index contributed by atoms with van der Waals surface area (Å²) >= 11 is 0. The first kappa shape index (κ1) is 14.1. The van der Waals surface area contributed by atoms with Gasteiger partial charge in [0.25, 0.3) is 0 Å². The van der Waals surface area contributed by atoms with Gasteiger partial charge in [0.1, 0.15) is 0 Å². The highest BCUT2D eigenvalue weighted by atomic mass is 16.5. The molecule has 1 heterocycles. The van der Waals surface area contributed by atoms with E-state index in [0.29, 0.717) is 17.6 Å². The van der Waals surface area contributed by atoms with Crippen molar-refractivity contribution < 1.29 is 4.74 Å². The summed E-state index contributed by atoms with van der Waals surface area (Å²) in [5.41, 5.74) is 1.75. The number of nitrogens with zero attached hydrogens (tertiary/aromatic N) is 2. The summed E-state index contributed by atoms with van der Waals surface area (Å²) in [4.78, 5) is 0. The van der Waals surface area contributed by atoms with Gasteiger partial charge >= 0.3 is 0 Å². The fourth-order valence-electron chi connectivity index (χ4n) is 4.19. The molecular weight excluding hydrogens is 250 g/mol. The van der Waals surface area contributed by atoms with Gasteiger partial charge < -0.3 is 10.1 Å². The topological polar surface area (TPSA) is 39.1 Å². The molecule has 0 saturated heterocycles. The minimum absolute atomic E-state index is 0.447. The van der Waals surface area contributed by atoms with Crippen LogP contribution in [0.25, 0.3) is 0 Å². The molecule has 4 heteroatoms. The van der Waals surface area contributed by atoms with Crippen molar-refractivity contribution in [2.75, 3.05) is 13.2 Å². The third kappa shape index (κ3) is 2.40. The van der Waals surface area contributed by atoms with Crippen LogP contribution in [-0.4, -0.2) is 35.1 Å². The van der Waals surface area contributed by atoms with Gasteiger partial charge in [-0.1, -0.05) is 12.8 Å². The molecular formula is C16H27N3O. The SMILES string of the molecule is CCOC1CC(NCCc2ccnn2C)C12CCCC2. The van der Waals surface area contributed by atoms with Gasteiger partial charge in [-0.15, -0.1) is 0 Å². The minimum atomic E-state index is 0.447. The Hall–Kier alpha value is -0.870. The summed E-state index contributed by atoms with van der Waals surface area (Å²) in [5.74, 6) is 0. The number of nitrogens with one attached hydrogen (secondary N) is 1. The molecule has 0 aliphatic heterocycles. The van der Waals surface area contributed by atoms with Crippen molar-refractivity contribution in [2.45, 2.75) is 57.6 Å². The lowest BCUT2D eigenvalue weighted by atomic mass is 9.60. The molecule has 0 bridgehead atoms. The van der Waals surface area contributed by atoms with E-state index in [1.54, 1.807) is 0 Å². The predicted octanol–water partition coefficient (Wildman–Crippen LogP) is 2.29. The zero-order chi connectivity index (χ0) is 14.0. The molecule has 4 nitrogen and oxygen atoms in total. The fourth-order valence-corrected chi connectivity index (χ4v) is 4.19. The molecule has 2 fully saturated rings.